The van der Waals surface area contributed by atoms with Crippen LogP contribution in [0, 0.1) is 0 Å². The molecule has 1 atom stereocenters. The quantitative estimate of drug-likeness (QED) is 0.853. The van der Waals surface area contributed by atoms with Gasteiger partial charge in [0.05, 0.1) is 12.7 Å². The van der Waals surface area contributed by atoms with Gasteiger partial charge in [0.1, 0.15) is 5.75 Å². The van der Waals surface area contributed by atoms with Gasteiger partial charge in [-0.1, -0.05) is 31.2 Å². The molecule has 1 unspecified atom stereocenters. The van der Waals surface area contributed by atoms with Crippen molar-refractivity contribution in [1.82, 2.24) is 0 Å². The Kier molecular flexibility index (Phi) is 5.55. The molecule has 2 aromatic carbocycles. The maximum atomic E-state index is 12.4. The molecule has 0 heterocycles. The van der Waals surface area contributed by atoms with Crippen LogP contribution in [0.3, 0.4) is 0 Å². The highest BCUT2D eigenvalue weighted by atomic mass is 16.5. The monoisotopic (exact) mass is 299 g/mol. The number of rotatable bonds is 6. The minimum Gasteiger partial charge on any atom is -0.494 e. The lowest BCUT2D eigenvalue weighted by Gasteiger charge is -2.13. The van der Waals surface area contributed by atoms with Gasteiger partial charge in [0.25, 0.3) is 5.91 Å². The number of anilines is 1. The maximum Gasteiger partial charge on any atom is 0.255 e. The van der Waals surface area contributed by atoms with Gasteiger partial charge >= 0.3 is 0 Å². The van der Waals surface area contributed by atoms with Crippen molar-refractivity contribution in [2.75, 3.05) is 11.9 Å². The zero-order chi connectivity index (χ0) is 15.9. The second-order valence-electron chi connectivity index (χ2n) is 5.09. The molecule has 1 amide bonds. The van der Waals surface area contributed by atoms with Gasteiger partial charge < -0.3 is 15.2 Å². The molecule has 116 valence electrons. The molecule has 0 aliphatic heterocycles. The number of carbonyl (C=O) groups is 1. The number of aliphatic hydroxyl groups is 1. The van der Waals surface area contributed by atoms with Crippen molar-refractivity contribution in [2.45, 2.75) is 26.4 Å². The Labute approximate surface area is 130 Å². The molecular formula is C18H21NO3. The van der Waals surface area contributed by atoms with E-state index in [1.807, 2.05) is 25.1 Å². The Bertz CT molecular complexity index is 638. The summed E-state index contributed by atoms with van der Waals surface area (Å²) in [7, 11) is 0. The van der Waals surface area contributed by atoms with E-state index in [1.165, 1.54) is 0 Å². The molecule has 4 heteroatoms. The molecule has 0 fully saturated rings. The Hall–Kier alpha value is -2.33. The number of hydrogen-bond acceptors (Lipinski definition) is 3. The van der Waals surface area contributed by atoms with Crippen LogP contribution in [0.5, 0.6) is 5.75 Å². The number of ether oxygens (including phenoxy) is 1. The first-order chi connectivity index (χ1) is 10.6. The second kappa shape index (κ2) is 7.61. The number of hydrogen-bond donors (Lipinski definition) is 2. The molecule has 2 aromatic rings. The lowest BCUT2D eigenvalue weighted by Crippen LogP contribution is -2.14. The van der Waals surface area contributed by atoms with Crippen molar-refractivity contribution in [3.05, 3.63) is 59.7 Å². The summed E-state index contributed by atoms with van der Waals surface area (Å²) >= 11 is 0. The van der Waals surface area contributed by atoms with E-state index in [0.717, 1.165) is 6.42 Å². The highest BCUT2D eigenvalue weighted by Gasteiger charge is 2.12. The number of carbonyl (C=O) groups excluding carboxylic acids is 1. The highest BCUT2D eigenvalue weighted by Crippen LogP contribution is 2.23. The van der Waals surface area contributed by atoms with E-state index in [4.69, 9.17) is 4.74 Å². The summed E-state index contributed by atoms with van der Waals surface area (Å²) in [6, 6.07) is 14.3. The SMILES string of the molecule is CCCOc1cccc(C(=O)Nc2ccccc2C(C)O)c1. The molecule has 0 aliphatic carbocycles. The van der Waals surface area contributed by atoms with E-state index >= 15 is 0 Å². The summed E-state index contributed by atoms with van der Waals surface area (Å²) < 4.78 is 5.54. The average Bonchev–Trinajstić information content (AvgIpc) is 2.53. The van der Waals surface area contributed by atoms with Gasteiger partial charge in [-0.3, -0.25) is 4.79 Å². The Morgan fingerprint density at radius 3 is 2.73 bits per heavy atom. The fourth-order valence-electron chi connectivity index (χ4n) is 2.12. The third-order valence-corrected chi connectivity index (χ3v) is 3.23. The lowest BCUT2D eigenvalue weighted by molar-refractivity contribution is 0.102. The predicted molar refractivity (Wildman–Crippen MR) is 87.3 cm³/mol. The molecule has 0 radical (unpaired) electrons. The van der Waals surface area contributed by atoms with Gasteiger partial charge in [-0.15, -0.1) is 0 Å². The van der Waals surface area contributed by atoms with Gasteiger partial charge in [-0.05, 0) is 37.6 Å². The van der Waals surface area contributed by atoms with Gasteiger partial charge in [0.2, 0.25) is 0 Å². The molecule has 0 aromatic heterocycles. The zero-order valence-electron chi connectivity index (χ0n) is 12.9. The molecule has 2 rings (SSSR count). The van der Waals surface area contributed by atoms with Crippen molar-refractivity contribution >= 4 is 11.6 Å². The number of aliphatic hydroxyl groups excluding tert-OH is 1. The van der Waals surface area contributed by atoms with E-state index in [9.17, 15) is 9.90 Å². The zero-order valence-corrected chi connectivity index (χ0v) is 12.9. The largest absolute Gasteiger partial charge is 0.494 e. The average molecular weight is 299 g/mol. The Balaban J connectivity index is 2.16. The van der Waals surface area contributed by atoms with Crippen LogP contribution in [0.4, 0.5) is 5.69 Å². The summed E-state index contributed by atoms with van der Waals surface area (Å²) in [5.74, 6) is 0.452. The summed E-state index contributed by atoms with van der Waals surface area (Å²) in [4.78, 5) is 12.4. The molecule has 0 aliphatic rings. The molecule has 0 bridgehead atoms. The number of amides is 1. The van der Waals surface area contributed by atoms with Crippen LogP contribution in [0.15, 0.2) is 48.5 Å². The minimum atomic E-state index is -0.643. The van der Waals surface area contributed by atoms with Crippen LogP contribution >= 0.6 is 0 Å². The summed E-state index contributed by atoms with van der Waals surface area (Å²) in [6.07, 6.45) is 0.272. The summed E-state index contributed by atoms with van der Waals surface area (Å²) in [6.45, 7) is 4.32. The molecule has 2 N–H and O–H groups in total. The summed E-state index contributed by atoms with van der Waals surface area (Å²) in [5.41, 5.74) is 1.82. The molecule has 0 saturated heterocycles. The molecule has 4 nitrogen and oxygen atoms in total. The van der Waals surface area contributed by atoms with Gasteiger partial charge in [0.15, 0.2) is 0 Å². The Morgan fingerprint density at radius 1 is 1.23 bits per heavy atom. The third-order valence-electron chi connectivity index (χ3n) is 3.23. The number of benzene rings is 2. The fourth-order valence-corrected chi connectivity index (χ4v) is 2.12. The van der Waals surface area contributed by atoms with Gasteiger partial charge in [-0.2, -0.15) is 0 Å². The van der Waals surface area contributed by atoms with Crippen LogP contribution in [-0.4, -0.2) is 17.6 Å². The van der Waals surface area contributed by atoms with E-state index in [1.54, 1.807) is 37.3 Å². The second-order valence-corrected chi connectivity index (χ2v) is 5.09. The van der Waals surface area contributed by atoms with Gasteiger partial charge in [0, 0.05) is 16.8 Å². The smallest absolute Gasteiger partial charge is 0.255 e. The van der Waals surface area contributed by atoms with Crippen LogP contribution in [0.1, 0.15) is 42.3 Å². The first-order valence-corrected chi connectivity index (χ1v) is 7.43. The minimum absolute atomic E-state index is 0.227. The van der Waals surface area contributed by atoms with Crippen molar-refractivity contribution in [3.8, 4) is 5.75 Å². The molecular weight excluding hydrogens is 278 g/mol. The number of para-hydroxylation sites is 1. The highest BCUT2D eigenvalue weighted by molar-refractivity contribution is 6.04. The van der Waals surface area contributed by atoms with Crippen molar-refractivity contribution in [1.29, 1.82) is 0 Å². The van der Waals surface area contributed by atoms with Crippen molar-refractivity contribution in [3.63, 3.8) is 0 Å². The fraction of sp³-hybridized carbons (Fsp3) is 0.278. The van der Waals surface area contributed by atoms with Crippen LogP contribution in [0.25, 0.3) is 0 Å². The normalized spacial score (nSPS) is 11.8. The first-order valence-electron chi connectivity index (χ1n) is 7.43. The van der Waals surface area contributed by atoms with E-state index in [-0.39, 0.29) is 5.91 Å². The van der Waals surface area contributed by atoms with Crippen molar-refractivity contribution in [2.24, 2.45) is 0 Å². The third kappa shape index (κ3) is 4.09. The molecule has 22 heavy (non-hydrogen) atoms. The van der Waals surface area contributed by atoms with E-state index < -0.39 is 6.10 Å². The van der Waals surface area contributed by atoms with Crippen LogP contribution < -0.4 is 10.1 Å². The Morgan fingerprint density at radius 2 is 2.00 bits per heavy atom. The van der Waals surface area contributed by atoms with Crippen molar-refractivity contribution < 1.29 is 14.6 Å². The standard InChI is InChI=1S/C18H21NO3/c1-3-11-22-15-8-6-7-14(12-15)18(21)19-17-10-5-4-9-16(17)13(2)20/h4-10,12-13,20H,3,11H2,1-2H3,(H,19,21). The first kappa shape index (κ1) is 16.0. The van der Waals surface area contributed by atoms with E-state index in [0.29, 0.717) is 29.2 Å². The number of nitrogens with one attached hydrogen (secondary N) is 1. The van der Waals surface area contributed by atoms with E-state index in [2.05, 4.69) is 5.32 Å². The molecule has 0 saturated carbocycles. The molecule has 0 spiro atoms. The lowest BCUT2D eigenvalue weighted by atomic mass is 10.1. The predicted octanol–water partition coefficient (Wildman–Crippen LogP) is 3.78. The topological polar surface area (TPSA) is 58.6 Å². The van der Waals surface area contributed by atoms with Crippen LogP contribution in [-0.2, 0) is 0 Å². The maximum absolute atomic E-state index is 12.4. The van der Waals surface area contributed by atoms with Gasteiger partial charge in [-0.25, -0.2) is 0 Å². The summed E-state index contributed by atoms with van der Waals surface area (Å²) in [5, 5.41) is 12.6. The van der Waals surface area contributed by atoms with Crippen LogP contribution in [0.2, 0.25) is 0 Å².